The molecule has 4 nitrogen and oxygen atoms in total. The van der Waals surface area contributed by atoms with Gasteiger partial charge in [-0.05, 0) is 46.6 Å². The molecule has 0 aliphatic carbocycles. The molecule has 0 bridgehead atoms. The molecule has 0 amide bonds. The van der Waals surface area contributed by atoms with Crippen molar-refractivity contribution >= 4 is 21.6 Å². The number of nitrogens with zero attached hydrogens (tertiary/aromatic N) is 2. The molecule has 3 rings (SSSR count). The molecule has 0 saturated heterocycles. The molecule has 3 aromatic rings. The van der Waals surface area contributed by atoms with Gasteiger partial charge in [0.2, 0.25) is 0 Å². The molecule has 0 aliphatic heterocycles. The minimum atomic E-state index is 0.410. The molecular formula is C13H12BrN3O. The van der Waals surface area contributed by atoms with E-state index >= 15 is 0 Å². The van der Waals surface area contributed by atoms with Crippen molar-refractivity contribution < 1.29 is 4.42 Å². The van der Waals surface area contributed by atoms with Gasteiger partial charge in [-0.25, -0.2) is 4.98 Å². The van der Waals surface area contributed by atoms with Gasteiger partial charge in [0.15, 0.2) is 11.4 Å². The number of rotatable bonds is 2. The highest BCUT2D eigenvalue weighted by Gasteiger charge is 2.16. The molecule has 0 atom stereocenters. The van der Waals surface area contributed by atoms with E-state index in [-0.39, 0.29) is 0 Å². The van der Waals surface area contributed by atoms with E-state index in [1.165, 1.54) is 0 Å². The number of imidazole rings is 1. The highest BCUT2D eigenvalue weighted by Crippen LogP contribution is 2.28. The van der Waals surface area contributed by atoms with Gasteiger partial charge in [-0.1, -0.05) is 0 Å². The first-order valence-electron chi connectivity index (χ1n) is 5.61. The predicted molar refractivity (Wildman–Crippen MR) is 73.2 cm³/mol. The van der Waals surface area contributed by atoms with Crippen molar-refractivity contribution in [3.05, 3.63) is 46.4 Å². The smallest absolute Gasteiger partial charge is 0.154 e. The lowest BCUT2D eigenvalue weighted by Gasteiger charge is -2.02. The van der Waals surface area contributed by atoms with Gasteiger partial charge in [-0.3, -0.25) is 0 Å². The number of fused-ring (bicyclic) bond motifs is 1. The molecule has 0 saturated carbocycles. The Kier molecular flexibility index (Phi) is 2.72. The van der Waals surface area contributed by atoms with Crippen LogP contribution >= 0.6 is 15.9 Å². The Morgan fingerprint density at radius 1 is 1.50 bits per heavy atom. The van der Waals surface area contributed by atoms with Crippen LogP contribution in [0.2, 0.25) is 0 Å². The number of hydrogen-bond acceptors (Lipinski definition) is 3. The van der Waals surface area contributed by atoms with E-state index in [9.17, 15) is 0 Å². The molecule has 3 heterocycles. The van der Waals surface area contributed by atoms with Gasteiger partial charge in [0, 0.05) is 12.7 Å². The number of aryl methyl sites for hydroxylation is 1. The SMILES string of the molecule is Cc1cc(Br)c2nc(-c3ccco3)c(CN)n2c1. The summed E-state index contributed by atoms with van der Waals surface area (Å²) in [7, 11) is 0. The molecule has 18 heavy (non-hydrogen) atoms. The number of pyridine rings is 1. The molecule has 0 radical (unpaired) electrons. The number of nitrogens with two attached hydrogens (primary N) is 1. The predicted octanol–water partition coefficient (Wildman–Crippen LogP) is 3.12. The Morgan fingerprint density at radius 3 is 3.00 bits per heavy atom. The Labute approximate surface area is 113 Å². The van der Waals surface area contributed by atoms with Crippen LogP contribution in [0.1, 0.15) is 11.3 Å². The van der Waals surface area contributed by atoms with E-state index in [1.807, 2.05) is 35.7 Å². The minimum Gasteiger partial charge on any atom is -0.463 e. The molecule has 0 fully saturated rings. The Bertz CT molecular complexity index is 701. The van der Waals surface area contributed by atoms with Crippen molar-refractivity contribution in [2.24, 2.45) is 5.73 Å². The Morgan fingerprint density at radius 2 is 2.33 bits per heavy atom. The second-order valence-corrected chi connectivity index (χ2v) is 5.00. The van der Waals surface area contributed by atoms with E-state index in [2.05, 4.69) is 20.9 Å². The fourth-order valence-corrected chi connectivity index (χ4v) is 2.73. The summed E-state index contributed by atoms with van der Waals surface area (Å²) in [6.45, 7) is 2.45. The third kappa shape index (κ3) is 1.67. The maximum absolute atomic E-state index is 5.85. The van der Waals surface area contributed by atoms with Crippen molar-refractivity contribution in [3.8, 4) is 11.5 Å². The van der Waals surface area contributed by atoms with Crippen LogP contribution in [0.4, 0.5) is 0 Å². The Balaban J connectivity index is 2.37. The van der Waals surface area contributed by atoms with Crippen molar-refractivity contribution in [3.63, 3.8) is 0 Å². The highest BCUT2D eigenvalue weighted by atomic mass is 79.9. The number of halogens is 1. The summed E-state index contributed by atoms with van der Waals surface area (Å²) in [6.07, 6.45) is 3.67. The zero-order valence-electron chi connectivity index (χ0n) is 9.85. The summed E-state index contributed by atoms with van der Waals surface area (Å²) in [5, 5.41) is 0. The monoisotopic (exact) mass is 305 g/mol. The third-order valence-electron chi connectivity index (χ3n) is 2.86. The number of furan rings is 1. The van der Waals surface area contributed by atoms with E-state index < -0.39 is 0 Å². The van der Waals surface area contributed by atoms with Gasteiger partial charge in [0.1, 0.15) is 5.69 Å². The quantitative estimate of drug-likeness (QED) is 0.791. The third-order valence-corrected chi connectivity index (χ3v) is 3.44. The van der Waals surface area contributed by atoms with Gasteiger partial charge in [0.25, 0.3) is 0 Å². The molecule has 2 N–H and O–H groups in total. The fraction of sp³-hybridized carbons (Fsp3) is 0.154. The molecule has 0 spiro atoms. The molecule has 3 aromatic heterocycles. The zero-order chi connectivity index (χ0) is 12.7. The van der Waals surface area contributed by atoms with Crippen molar-refractivity contribution in [2.45, 2.75) is 13.5 Å². The minimum absolute atomic E-state index is 0.410. The largest absolute Gasteiger partial charge is 0.463 e. The van der Waals surface area contributed by atoms with Crippen LogP contribution in [0.15, 0.2) is 39.5 Å². The highest BCUT2D eigenvalue weighted by molar-refractivity contribution is 9.10. The van der Waals surface area contributed by atoms with Gasteiger partial charge in [-0.15, -0.1) is 0 Å². The van der Waals surface area contributed by atoms with Crippen LogP contribution in [-0.2, 0) is 6.54 Å². The van der Waals surface area contributed by atoms with E-state index in [0.29, 0.717) is 6.54 Å². The van der Waals surface area contributed by atoms with Crippen LogP contribution in [0.3, 0.4) is 0 Å². The van der Waals surface area contributed by atoms with E-state index in [4.69, 9.17) is 10.2 Å². The average Bonchev–Trinajstić information content (AvgIpc) is 2.93. The summed E-state index contributed by atoms with van der Waals surface area (Å²) in [5.41, 5.74) is 9.60. The second kappa shape index (κ2) is 4.26. The van der Waals surface area contributed by atoms with Crippen LogP contribution in [0, 0.1) is 6.92 Å². The zero-order valence-corrected chi connectivity index (χ0v) is 11.4. The normalized spacial score (nSPS) is 11.3. The maximum atomic E-state index is 5.85. The standard InChI is InChI=1S/C13H12BrN3O/c1-8-5-9(14)13-16-12(11-3-2-4-18-11)10(6-15)17(13)7-8/h2-5,7H,6,15H2,1H3. The van der Waals surface area contributed by atoms with Crippen LogP contribution in [-0.4, -0.2) is 9.38 Å². The van der Waals surface area contributed by atoms with E-state index in [0.717, 1.165) is 32.8 Å². The lowest BCUT2D eigenvalue weighted by atomic mass is 10.2. The second-order valence-electron chi connectivity index (χ2n) is 4.15. The molecule has 0 aromatic carbocycles. The average molecular weight is 306 g/mol. The first-order chi connectivity index (χ1) is 8.70. The van der Waals surface area contributed by atoms with Crippen LogP contribution < -0.4 is 5.73 Å². The summed E-state index contributed by atoms with van der Waals surface area (Å²) in [5.74, 6) is 0.740. The van der Waals surface area contributed by atoms with Crippen LogP contribution in [0.25, 0.3) is 17.1 Å². The maximum Gasteiger partial charge on any atom is 0.154 e. The molecule has 0 aliphatic rings. The molecule has 0 unspecified atom stereocenters. The summed E-state index contributed by atoms with van der Waals surface area (Å²) in [4.78, 5) is 4.61. The first kappa shape index (κ1) is 11.5. The van der Waals surface area contributed by atoms with Gasteiger partial charge >= 0.3 is 0 Å². The van der Waals surface area contributed by atoms with Gasteiger partial charge in [0.05, 0.1) is 16.4 Å². The van der Waals surface area contributed by atoms with E-state index in [1.54, 1.807) is 6.26 Å². The van der Waals surface area contributed by atoms with Gasteiger partial charge < -0.3 is 14.6 Å². The molecule has 92 valence electrons. The summed E-state index contributed by atoms with van der Waals surface area (Å²) in [6, 6.07) is 5.77. The first-order valence-corrected chi connectivity index (χ1v) is 6.41. The van der Waals surface area contributed by atoms with Crippen molar-refractivity contribution in [2.75, 3.05) is 0 Å². The van der Waals surface area contributed by atoms with Crippen molar-refractivity contribution in [1.82, 2.24) is 9.38 Å². The topological polar surface area (TPSA) is 56.5 Å². The summed E-state index contributed by atoms with van der Waals surface area (Å²) >= 11 is 3.53. The van der Waals surface area contributed by atoms with Crippen molar-refractivity contribution in [1.29, 1.82) is 0 Å². The summed E-state index contributed by atoms with van der Waals surface area (Å²) < 4.78 is 8.38. The Hall–Kier alpha value is -1.59. The lowest BCUT2D eigenvalue weighted by molar-refractivity contribution is 0.579. The number of hydrogen-bond donors (Lipinski definition) is 1. The lowest BCUT2D eigenvalue weighted by Crippen LogP contribution is -2.02. The molecule has 5 heteroatoms. The fourth-order valence-electron chi connectivity index (χ4n) is 2.08. The molecular weight excluding hydrogens is 294 g/mol. The van der Waals surface area contributed by atoms with Gasteiger partial charge in [-0.2, -0.15) is 0 Å². The van der Waals surface area contributed by atoms with Crippen LogP contribution in [0.5, 0.6) is 0 Å². The number of aromatic nitrogens is 2.